The van der Waals surface area contributed by atoms with Gasteiger partial charge in [-0.3, -0.25) is 29.5 Å². The number of nitrogens with zero attached hydrogens (tertiary/aromatic N) is 4. The van der Waals surface area contributed by atoms with Crippen LogP contribution in [0.2, 0.25) is 0 Å². The fourth-order valence-electron chi connectivity index (χ4n) is 4.16. The van der Waals surface area contributed by atoms with Gasteiger partial charge in [-0.15, -0.1) is 0 Å². The number of nitro groups is 1. The van der Waals surface area contributed by atoms with E-state index in [4.69, 9.17) is 0 Å². The van der Waals surface area contributed by atoms with Gasteiger partial charge in [0.05, 0.1) is 17.2 Å². The highest BCUT2D eigenvalue weighted by atomic mass is 16.6. The average Bonchev–Trinajstić information content (AvgIpc) is 2.99. The second-order valence-corrected chi connectivity index (χ2v) is 7.86. The van der Waals surface area contributed by atoms with Crippen molar-refractivity contribution >= 4 is 23.2 Å². The van der Waals surface area contributed by atoms with Gasteiger partial charge in [0.25, 0.3) is 17.5 Å². The predicted molar refractivity (Wildman–Crippen MR) is 112 cm³/mol. The summed E-state index contributed by atoms with van der Waals surface area (Å²) in [6.07, 6.45) is 3.74. The van der Waals surface area contributed by atoms with Crippen LogP contribution < -0.4 is 4.90 Å². The van der Waals surface area contributed by atoms with E-state index in [2.05, 4.69) is 29.2 Å². The molecule has 0 aliphatic carbocycles. The molecule has 0 N–H and O–H groups in total. The van der Waals surface area contributed by atoms with E-state index >= 15 is 0 Å². The number of fused-ring (bicyclic) bond motifs is 1. The molecule has 0 saturated carbocycles. The van der Waals surface area contributed by atoms with Crippen molar-refractivity contribution in [2.24, 2.45) is 0 Å². The molecule has 0 bridgehead atoms. The van der Waals surface area contributed by atoms with Crippen LogP contribution in [-0.2, 0) is 6.54 Å². The van der Waals surface area contributed by atoms with Gasteiger partial charge in [-0.1, -0.05) is 18.2 Å². The molecular formula is C22H24N4O4. The van der Waals surface area contributed by atoms with Crippen LogP contribution in [0.15, 0.2) is 42.5 Å². The van der Waals surface area contributed by atoms with E-state index in [0.717, 1.165) is 23.6 Å². The van der Waals surface area contributed by atoms with Gasteiger partial charge >= 0.3 is 0 Å². The summed E-state index contributed by atoms with van der Waals surface area (Å²) in [4.78, 5) is 41.3. The molecule has 30 heavy (non-hydrogen) atoms. The predicted octanol–water partition coefficient (Wildman–Crippen LogP) is 3.27. The van der Waals surface area contributed by atoms with Crippen molar-refractivity contribution in [2.75, 3.05) is 31.7 Å². The Morgan fingerprint density at radius 3 is 2.37 bits per heavy atom. The molecule has 2 aromatic carbocycles. The molecule has 0 aromatic heterocycles. The summed E-state index contributed by atoms with van der Waals surface area (Å²) in [5.41, 5.74) is 1.93. The normalized spacial score (nSPS) is 16.3. The number of hydrogen-bond acceptors (Lipinski definition) is 6. The molecule has 1 saturated heterocycles. The summed E-state index contributed by atoms with van der Waals surface area (Å²) in [7, 11) is 1.82. The third-order valence-electron chi connectivity index (χ3n) is 5.67. The molecule has 156 valence electrons. The van der Waals surface area contributed by atoms with Gasteiger partial charge in [-0.05, 0) is 50.1 Å². The van der Waals surface area contributed by atoms with Crippen LogP contribution in [0.5, 0.6) is 0 Å². The summed E-state index contributed by atoms with van der Waals surface area (Å²) >= 11 is 0. The van der Waals surface area contributed by atoms with Gasteiger partial charge in [0, 0.05) is 31.4 Å². The number of rotatable bonds is 6. The van der Waals surface area contributed by atoms with E-state index in [1.165, 1.54) is 43.1 Å². The number of nitro benzene ring substituents is 1. The second-order valence-electron chi connectivity index (χ2n) is 7.86. The first-order valence-electron chi connectivity index (χ1n) is 10.1. The Labute approximate surface area is 174 Å². The Balaban J connectivity index is 1.42. The average molecular weight is 408 g/mol. The van der Waals surface area contributed by atoms with Crippen LogP contribution in [0.1, 0.15) is 45.5 Å². The van der Waals surface area contributed by atoms with E-state index in [-0.39, 0.29) is 23.5 Å². The number of piperidine rings is 1. The molecule has 2 amide bonds. The Morgan fingerprint density at radius 1 is 1.00 bits per heavy atom. The summed E-state index contributed by atoms with van der Waals surface area (Å²) < 4.78 is 0. The molecular weight excluding hydrogens is 384 g/mol. The van der Waals surface area contributed by atoms with E-state index < -0.39 is 16.7 Å². The zero-order valence-electron chi connectivity index (χ0n) is 16.9. The van der Waals surface area contributed by atoms with Gasteiger partial charge in [-0.25, -0.2) is 0 Å². The van der Waals surface area contributed by atoms with E-state index in [9.17, 15) is 19.7 Å². The van der Waals surface area contributed by atoms with Crippen molar-refractivity contribution in [3.05, 3.63) is 69.3 Å². The van der Waals surface area contributed by atoms with Crippen molar-refractivity contribution in [2.45, 2.75) is 25.8 Å². The summed E-state index contributed by atoms with van der Waals surface area (Å²) in [6, 6.07) is 12.5. The maximum Gasteiger partial charge on any atom is 0.282 e. The zero-order chi connectivity index (χ0) is 21.3. The minimum absolute atomic E-state index is 0.0668. The highest BCUT2D eigenvalue weighted by Crippen LogP contribution is 2.30. The molecule has 0 spiro atoms. The maximum absolute atomic E-state index is 12.7. The number of hydrogen-bond donors (Lipinski definition) is 0. The summed E-state index contributed by atoms with van der Waals surface area (Å²) in [5, 5.41) is 11.2. The first-order chi connectivity index (χ1) is 14.5. The maximum atomic E-state index is 12.7. The van der Waals surface area contributed by atoms with Crippen molar-refractivity contribution in [1.29, 1.82) is 0 Å². The Morgan fingerprint density at radius 2 is 1.70 bits per heavy atom. The van der Waals surface area contributed by atoms with Crippen LogP contribution in [0.4, 0.5) is 11.4 Å². The Bertz CT molecular complexity index is 983. The number of carbonyl (C=O) groups is 2. The topological polar surface area (TPSA) is 87.0 Å². The van der Waals surface area contributed by atoms with Gasteiger partial charge in [0.2, 0.25) is 0 Å². The van der Waals surface area contributed by atoms with Crippen molar-refractivity contribution in [3.63, 3.8) is 0 Å². The van der Waals surface area contributed by atoms with E-state index in [1.807, 2.05) is 11.9 Å². The standard InChI is InChI=1S/C22H24N4O4/c1-23(14-16-8-10-17(11-9-16)24-12-3-2-4-13-24)15-25-21(27)18-6-5-7-19(26(29)30)20(18)22(25)28/h5-11H,2-4,12-15H2,1H3. The monoisotopic (exact) mass is 408 g/mol. The number of amides is 2. The molecule has 0 radical (unpaired) electrons. The molecule has 8 nitrogen and oxygen atoms in total. The van der Waals surface area contributed by atoms with Crippen molar-refractivity contribution < 1.29 is 14.5 Å². The van der Waals surface area contributed by atoms with Crippen LogP contribution in [0.3, 0.4) is 0 Å². The van der Waals surface area contributed by atoms with Crippen LogP contribution in [0, 0.1) is 10.1 Å². The highest BCUT2D eigenvalue weighted by molar-refractivity contribution is 6.23. The lowest BCUT2D eigenvalue weighted by Gasteiger charge is -2.29. The van der Waals surface area contributed by atoms with Crippen LogP contribution >= 0.6 is 0 Å². The van der Waals surface area contributed by atoms with Gasteiger partial charge < -0.3 is 4.90 Å². The molecule has 8 heteroatoms. The molecule has 0 unspecified atom stereocenters. The minimum atomic E-state index is -0.624. The number of imide groups is 1. The smallest absolute Gasteiger partial charge is 0.282 e. The lowest BCUT2D eigenvalue weighted by Crippen LogP contribution is -2.39. The first-order valence-corrected chi connectivity index (χ1v) is 10.1. The molecule has 1 fully saturated rings. The first kappa shape index (κ1) is 20.0. The summed E-state index contributed by atoms with van der Waals surface area (Å²) in [6.45, 7) is 2.80. The van der Waals surface area contributed by atoms with E-state index in [1.54, 1.807) is 0 Å². The lowest BCUT2D eigenvalue weighted by molar-refractivity contribution is -0.385. The second kappa shape index (κ2) is 8.23. The third-order valence-corrected chi connectivity index (χ3v) is 5.67. The van der Waals surface area contributed by atoms with Gasteiger partial charge in [0.15, 0.2) is 0 Å². The zero-order valence-corrected chi connectivity index (χ0v) is 16.9. The SMILES string of the molecule is CN(Cc1ccc(N2CCCCC2)cc1)CN1C(=O)c2cccc([N+](=O)[O-])c2C1=O. The highest BCUT2D eigenvalue weighted by Gasteiger charge is 2.41. The largest absolute Gasteiger partial charge is 0.372 e. The number of benzene rings is 2. The van der Waals surface area contributed by atoms with Gasteiger partial charge in [0.1, 0.15) is 5.56 Å². The van der Waals surface area contributed by atoms with Crippen LogP contribution in [-0.4, -0.2) is 53.3 Å². The quantitative estimate of drug-likeness (QED) is 0.414. The molecule has 2 aromatic rings. The molecule has 0 atom stereocenters. The molecule has 2 aliphatic heterocycles. The fourth-order valence-corrected chi connectivity index (χ4v) is 4.16. The lowest BCUT2D eigenvalue weighted by atomic mass is 10.1. The fraction of sp³-hybridized carbons (Fsp3) is 0.364. The van der Waals surface area contributed by atoms with Gasteiger partial charge in [-0.2, -0.15) is 0 Å². The third kappa shape index (κ3) is 3.78. The molecule has 4 rings (SSSR count). The minimum Gasteiger partial charge on any atom is -0.372 e. The van der Waals surface area contributed by atoms with E-state index in [0.29, 0.717) is 6.54 Å². The Kier molecular flexibility index (Phi) is 5.50. The van der Waals surface area contributed by atoms with Crippen molar-refractivity contribution in [3.8, 4) is 0 Å². The van der Waals surface area contributed by atoms with Crippen molar-refractivity contribution in [1.82, 2.24) is 9.80 Å². The number of carbonyl (C=O) groups excluding carboxylic acids is 2. The number of anilines is 1. The molecule has 2 aliphatic rings. The summed E-state index contributed by atoms with van der Waals surface area (Å²) in [5.74, 6) is -1.11. The Hall–Kier alpha value is -3.26. The van der Waals surface area contributed by atoms with Crippen LogP contribution in [0.25, 0.3) is 0 Å². The molecule has 2 heterocycles.